The van der Waals surface area contributed by atoms with E-state index in [4.69, 9.17) is 4.74 Å². The quantitative estimate of drug-likeness (QED) is 0.828. The number of aromatic nitrogens is 1. The van der Waals surface area contributed by atoms with Gasteiger partial charge in [-0.3, -0.25) is 10.1 Å². The number of nitrogens with one attached hydrogen (secondary N) is 2. The van der Waals surface area contributed by atoms with Crippen LogP contribution < -0.4 is 10.6 Å². The van der Waals surface area contributed by atoms with Gasteiger partial charge in [-0.2, -0.15) is 0 Å². The molecule has 2 N–H and O–H groups in total. The standard InChI is InChI=1S/C15H15N3O4/c1-2-16-15(21)18-13(19)9-22-14(20)12-8-7-10-5-3-4-6-11(10)17-12/h3-8H,2,9H2,1H3,(H2,16,18,19,21). The molecule has 1 aromatic carbocycles. The molecule has 0 aliphatic carbocycles. The Bertz CT molecular complexity index is 715. The molecule has 1 heterocycles. The highest BCUT2D eigenvalue weighted by Crippen LogP contribution is 2.12. The highest BCUT2D eigenvalue weighted by atomic mass is 16.5. The van der Waals surface area contributed by atoms with Crippen LogP contribution in [0, 0.1) is 0 Å². The average molecular weight is 301 g/mol. The zero-order chi connectivity index (χ0) is 15.9. The van der Waals surface area contributed by atoms with E-state index in [1.54, 1.807) is 19.1 Å². The molecular weight excluding hydrogens is 286 g/mol. The minimum absolute atomic E-state index is 0.101. The molecule has 0 fully saturated rings. The number of carbonyl (C=O) groups excluding carboxylic acids is 3. The fraction of sp³-hybridized carbons (Fsp3) is 0.200. The zero-order valence-electron chi connectivity index (χ0n) is 12.0. The van der Waals surface area contributed by atoms with E-state index in [0.717, 1.165) is 5.39 Å². The molecule has 0 bridgehead atoms. The van der Waals surface area contributed by atoms with E-state index in [1.807, 2.05) is 23.5 Å². The predicted molar refractivity (Wildman–Crippen MR) is 79.2 cm³/mol. The number of hydrogen-bond acceptors (Lipinski definition) is 5. The summed E-state index contributed by atoms with van der Waals surface area (Å²) in [6.45, 7) is 1.56. The summed E-state index contributed by atoms with van der Waals surface area (Å²) < 4.78 is 4.82. The lowest BCUT2D eigenvalue weighted by Gasteiger charge is -2.06. The van der Waals surface area contributed by atoms with Gasteiger partial charge in [-0.15, -0.1) is 0 Å². The molecule has 0 radical (unpaired) electrons. The number of carbonyl (C=O) groups is 3. The largest absolute Gasteiger partial charge is 0.451 e. The molecule has 0 aliphatic heterocycles. The van der Waals surface area contributed by atoms with Gasteiger partial charge in [-0.05, 0) is 19.1 Å². The maximum atomic E-state index is 11.8. The minimum Gasteiger partial charge on any atom is -0.451 e. The van der Waals surface area contributed by atoms with Gasteiger partial charge in [-0.25, -0.2) is 14.6 Å². The van der Waals surface area contributed by atoms with Crippen LogP contribution >= 0.6 is 0 Å². The van der Waals surface area contributed by atoms with Crippen LogP contribution in [0.5, 0.6) is 0 Å². The van der Waals surface area contributed by atoms with Gasteiger partial charge in [0, 0.05) is 11.9 Å². The fourth-order valence-electron chi connectivity index (χ4n) is 1.75. The van der Waals surface area contributed by atoms with Crippen LogP contribution in [0.25, 0.3) is 10.9 Å². The number of esters is 1. The number of amides is 3. The Morgan fingerprint density at radius 3 is 2.68 bits per heavy atom. The molecular formula is C15H15N3O4. The summed E-state index contributed by atoms with van der Waals surface area (Å²) >= 11 is 0. The van der Waals surface area contributed by atoms with Crippen molar-refractivity contribution in [2.45, 2.75) is 6.92 Å². The first-order chi connectivity index (χ1) is 10.6. The minimum atomic E-state index is -0.725. The lowest BCUT2D eigenvalue weighted by molar-refractivity contribution is -0.123. The van der Waals surface area contributed by atoms with Crippen molar-refractivity contribution in [3.63, 3.8) is 0 Å². The maximum absolute atomic E-state index is 11.8. The monoisotopic (exact) mass is 301 g/mol. The van der Waals surface area contributed by atoms with Crippen molar-refractivity contribution in [1.82, 2.24) is 15.6 Å². The van der Waals surface area contributed by atoms with Gasteiger partial charge in [0.05, 0.1) is 5.52 Å². The first-order valence-corrected chi connectivity index (χ1v) is 6.70. The molecule has 2 rings (SSSR count). The third-order valence-electron chi connectivity index (χ3n) is 2.73. The topological polar surface area (TPSA) is 97.4 Å². The van der Waals surface area contributed by atoms with Gasteiger partial charge in [-0.1, -0.05) is 24.3 Å². The Kier molecular flexibility index (Phi) is 5.02. The zero-order valence-corrected chi connectivity index (χ0v) is 12.0. The highest BCUT2D eigenvalue weighted by molar-refractivity contribution is 5.97. The molecule has 2 aromatic rings. The number of ether oxygens (including phenoxy) is 1. The number of imide groups is 1. The first kappa shape index (κ1) is 15.4. The average Bonchev–Trinajstić information content (AvgIpc) is 2.52. The summed E-state index contributed by atoms with van der Waals surface area (Å²) in [6.07, 6.45) is 0. The molecule has 0 spiro atoms. The smallest absolute Gasteiger partial charge is 0.357 e. The van der Waals surface area contributed by atoms with Crippen molar-refractivity contribution in [2.75, 3.05) is 13.2 Å². The van der Waals surface area contributed by atoms with Crippen molar-refractivity contribution in [3.05, 3.63) is 42.1 Å². The molecule has 0 unspecified atom stereocenters. The summed E-state index contributed by atoms with van der Waals surface area (Å²) in [7, 11) is 0. The number of rotatable bonds is 4. The Morgan fingerprint density at radius 2 is 1.91 bits per heavy atom. The van der Waals surface area contributed by atoms with Crippen LogP contribution in [-0.4, -0.2) is 36.0 Å². The Morgan fingerprint density at radius 1 is 1.14 bits per heavy atom. The second-order valence-corrected chi connectivity index (χ2v) is 4.37. The molecule has 7 nitrogen and oxygen atoms in total. The van der Waals surface area contributed by atoms with Gasteiger partial charge in [0.2, 0.25) is 0 Å². The number of pyridine rings is 1. The van der Waals surface area contributed by atoms with E-state index in [-0.39, 0.29) is 5.69 Å². The normalized spacial score (nSPS) is 10.0. The predicted octanol–water partition coefficient (Wildman–Crippen LogP) is 1.24. The van der Waals surface area contributed by atoms with Crippen LogP contribution in [0.1, 0.15) is 17.4 Å². The van der Waals surface area contributed by atoms with E-state index in [2.05, 4.69) is 10.3 Å². The molecule has 0 saturated carbocycles. The van der Waals surface area contributed by atoms with Gasteiger partial charge in [0.25, 0.3) is 5.91 Å². The SMILES string of the molecule is CCNC(=O)NC(=O)COC(=O)c1ccc2ccccc2n1. The Hall–Kier alpha value is -2.96. The lowest BCUT2D eigenvalue weighted by Crippen LogP contribution is -2.41. The van der Waals surface area contributed by atoms with Crippen molar-refractivity contribution in [2.24, 2.45) is 0 Å². The summed E-state index contributed by atoms with van der Waals surface area (Å²) in [4.78, 5) is 38.5. The van der Waals surface area contributed by atoms with Crippen LogP contribution in [0.15, 0.2) is 36.4 Å². The van der Waals surface area contributed by atoms with Crippen LogP contribution in [0.4, 0.5) is 4.79 Å². The third-order valence-corrected chi connectivity index (χ3v) is 2.73. The van der Waals surface area contributed by atoms with E-state index in [0.29, 0.717) is 12.1 Å². The van der Waals surface area contributed by atoms with Crippen LogP contribution in [-0.2, 0) is 9.53 Å². The third kappa shape index (κ3) is 4.02. The Labute approximate surface area is 126 Å². The van der Waals surface area contributed by atoms with E-state index < -0.39 is 24.5 Å². The fourth-order valence-corrected chi connectivity index (χ4v) is 1.75. The number of para-hydroxylation sites is 1. The lowest BCUT2D eigenvalue weighted by atomic mass is 10.2. The molecule has 114 valence electrons. The van der Waals surface area contributed by atoms with Crippen molar-refractivity contribution >= 4 is 28.8 Å². The number of benzene rings is 1. The molecule has 0 atom stereocenters. The number of urea groups is 1. The molecule has 7 heteroatoms. The number of hydrogen-bond donors (Lipinski definition) is 2. The summed E-state index contributed by atoms with van der Waals surface area (Å²) in [5, 5.41) is 5.32. The summed E-state index contributed by atoms with van der Waals surface area (Å²) in [6, 6.07) is 9.95. The van der Waals surface area contributed by atoms with Crippen molar-refractivity contribution in [3.8, 4) is 0 Å². The van der Waals surface area contributed by atoms with E-state index >= 15 is 0 Å². The summed E-state index contributed by atoms with van der Waals surface area (Å²) in [5.41, 5.74) is 0.758. The summed E-state index contributed by atoms with van der Waals surface area (Å²) in [5.74, 6) is -1.43. The second kappa shape index (κ2) is 7.16. The molecule has 22 heavy (non-hydrogen) atoms. The van der Waals surface area contributed by atoms with Gasteiger partial charge < -0.3 is 10.1 Å². The van der Waals surface area contributed by atoms with Gasteiger partial charge in [0.15, 0.2) is 6.61 Å². The van der Waals surface area contributed by atoms with Crippen LogP contribution in [0.3, 0.4) is 0 Å². The molecule has 0 saturated heterocycles. The second-order valence-electron chi connectivity index (χ2n) is 4.37. The van der Waals surface area contributed by atoms with Crippen LogP contribution in [0.2, 0.25) is 0 Å². The van der Waals surface area contributed by atoms with Gasteiger partial charge in [0.1, 0.15) is 5.69 Å². The molecule has 0 aliphatic rings. The highest BCUT2D eigenvalue weighted by Gasteiger charge is 2.13. The van der Waals surface area contributed by atoms with E-state index in [9.17, 15) is 14.4 Å². The molecule has 3 amide bonds. The maximum Gasteiger partial charge on any atom is 0.357 e. The van der Waals surface area contributed by atoms with Crippen molar-refractivity contribution < 1.29 is 19.1 Å². The van der Waals surface area contributed by atoms with Gasteiger partial charge >= 0.3 is 12.0 Å². The van der Waals surface area contributed by atoms with Crippen molar-refractivity contribution in [1.29, 1.82) is 0 Å². The Balaban J connectivity index is 1.93. The van der Waals surface area contributed by atoms with E-state index in [1.165, 1.54) is 6.07 Å². The number of nitrogens with zero attached hydrogens (tertiary/aromatic N) is 1. The molecule has 1 aromatic heterocycles. The first-order valence-electron chi connectivity index (χ1n) is 6.70. The number of fused-ring (bicyclic) bond motifs is 1.